The van der Waals surface area contributed by atoms with Crippen LogP contribution >= 0.6 is 12.2 Å². The van der Waals surface area contributed by atoms with Crippen molar-refractivity contribution in [2.75, 3.05) is 10.6 Å². The average molecular weight is 416 g/mol. The van der Waals surface area contributed by atoms with Crippen LogP contribution in [0.25, 0.3) is 10.8 Å². The summed E-state index contributed by atoms with van der Waals surface area (Å²) in [7, 11) is 0. The van der Waals surface area contributed by atoms with E-state index in [9.17, 15) is 9.18 Å². The van der Waals surface area contributed by atoms with Crippen LogP contribution in [0.4, 0.5) is 15.8 Å². The van der Waals surface area contributed by atoms with E-state index < -0.39 is 11.7 Å². The summed E-state index contributed by atoms with van der Waals surface area (Å²) in [6.07, 6.45) is 0. The van der Waals surface area contributed by atoms with Crippen LogP contribution < -0.4 is 15.4 Å². The molecule has 0 spiro atoms. The minimum atomic E-state index is -0.501. The van der Waals surface area contributed by atoms with E-state index in [2.05, 4.69) is 10.6 Å². The minimum absolute atomic E-state index is 0.113. The summed E-state index contributed by atoms with van der Waals surface area (Å²) in [6, 6.07) is 26.3. The van der Waals surface area contributed by atoms with Gasteiger partial charge < -0.3 is 15.4 Å². The Hall–Kier alpha value is -3.77. The smallest absolute Gasteiger partial charge is 0.266 e. The molecular formula is C24H17FN2O2S. The highest BCUT2D eigenvalue weighted by Crippen LogP contribution is 2.24. The number of amides is 1. The van der Waals surface area contributed by atoms with Gasteiger partial charge in [-0.15, -0.1) is 0 Å². The van der Waals surface area contributed by atoms with E-state index in [-0.39, 0.29) is 10.9 Å². The van der Waals surface area contributed by atoms with Crippen LogP contribution in [0.1, 0.15) is 10.4 Å². The molecule has 6 heteroatoms. The molecule has 4 rings (SSSR count). The van der Waals surface area contributed by atoms with Crippen molar-refractivity contribution in [3.05, 3.63) is 102 Å². The molecule has 0 saturated carbocycles. The summed E-state index contributed by atoms with van der Waals surface area (Å²) in [5.74, 6) is -0.550. The number of thiocarbonyl (C=S) groups is 1. The summed E-state index contributed by atoms with van der Waals surface area (Å²) in [5.41, 5.74) is 1.26. The van der Waals surface area contributed by atoms with Gasteiger partial charge in [-0.25, -0.2) is 4.39 Å². The molecule has 0 heterocycles. The third-order valence-corrected chi connectivity index (χ3v) is 4.64. The standard InChI is InChI=1S/C24H17FN2O2S/c25-20-12-3-4-13-22(20)26-23(28)17-9-5-10-18(15-17)29-24(30)27-21-14-6-8-16-7-1-2-11-19(16)21/h1-15H,(H,26,28)(H,27,30). The zero-order valence-corrected chi connectivity index (χ0v) is 16.6. The summed E-state index contributed by atoms with van der Waals surface area (Å²) in [5, 5.41) is 7.89. The van der Waals surface area contributed by atoms with Crippen molar-refractivity contribution < 1.29 is 13.9 Å². The molecule has 30 heavy (non-hydrogen) atoms. The zero-order chi connectivity index (χ0) is 20.9. The molecule has 2 N–H and O–H groups in total. The summed E-state index contributed by atoms with van der Waals surface area (Å²) >= 11 is 5.33. The molecule has 0 aliphatic carbocycles. The number of para-hydroxylation sites is 1. The van der Waals surface area contributed by atoms with Crippen molar-refractivity contribution >= 4 is 45.4 Å². The van der Waals surface area contributed by atoms with Crippen LogP contribution in [0, 0.1) is 5.82 Å². The lowest BCUT2D eigenvalue weighted by Gasteiger charge is -2.12. The van der Waals surface area contributed by atoms with E-state index in [0.29, 0.717) is 11.3 Å². The Kier molecular flexibility index (Phi) is 5.68. The maximum atomic E-state index is 13.8. The molecule has 1 amide bonds. The molecule has 0 atom stereocenters. The fourth-order valence-electron chi connectivity index (χ4n) is 3.03. The lowest BCUT2D eigenvalue weighted by atomic mass is 10.1. The largest absolute Gasteiger partial charge is 0.432 e. The molecule has 148 valence electrons. The lowest BCUT2D eigenvalue weighted by molar-refractivity contribution is 0.102. The highest BCUT2D eigenvalue weighted by atomic mass is 32.1. The van der Waals surface area contributed by atoms with Gasteiger partial charge in [-0.1, -0.05) is 54.6 Å². The van der Waals surface area contributed by atoms with Crippen molar-refractivity contribution in [3.8, 4) is 5.75 Å². The number of carbonyl (C=O) groups is 1. The maximum Gasteiger partial charge on any atom is 0.266 e. The molecule has 4 nitrogen and oxygen atoms in total. The van der Waals surface area contributed by atoms with Crippen molar-refractivity contribution in [2.24, 2.45) is 0 Å². The first-order valence-electron chi connectivity index (χ1n) is 9.23. The SMILES string of the molecule is O=C(Nc1ccccc1F)c1cccc(OC(=S)Nc2cccc3ccccc23)c1. The fourth-order valence-corrected chi connectivity index (χ4v) is 3.24. The predicted molar refractivity (Wildman–Crippen MR) is 122 cm³/mol. The number of hydrogen-bond acceptors (Lipinski definition) is 3. The summed E-state index contributed by atoms with van der Waals surface area (Å²) < 4.78 is 19.5. The molecule has 0 bridgehead atoms. The normalized spacial score (nSPS) is 10.4. The monoisotopic (exact) mass is 416 g/mol. The number of rotatable bonds is 4. The first-order valence-corrected chi connectivity index (χ1v) is 9.63. The molecule has 4 aromatic rings. The second-order valence-corrected chi connectivity index (χ2v) is 6.87. The van der Waals surface area contributed by atoms with Gasteiger partial charge in [0.25, 0.3) is 11.1 Å². The Morgan fingerprint density at radius 2 is 1.50 bits per heavy atom. The van der Waals surface area contributed by atoms with E-state index in [1.165, 1.54) is 12.1 Å². The molecular weight excluding hydrogens is 399 g/mol. The van der Waals surface area contributed by atoms with E-state index in [1.807, 2.05) is 42.5 Å². The van der Waals surface area contributed by atoms with Crippen molar-refractivity contribution in [2.45, 2.75) is 0 Å². The minimum Gasteiger partial charge on any atom is -0.432 e. The van der Waals surface area contributed by atoms with Crippen LogP contribution in [0.3, 0.4) is 0 Å². The molecule has 0 unspecified atom stereocenters. The van der Waals surface area contributed by atoms with Crippen LogP contribution in [-0.4, -0.2) is 11.1 Å². The van der Waals surface area contributed by atoms with E-state index in [0.717, 1.165) is 16.5 Å². The Labute approximate surface area is 178 Å². The van der Waals surface area contributed by atoms with Gasteiger partial charge in [0.05, 0.1) is 5.69 Å². The topological polar surface area (TPSA) is 50.4 Å². The first kappa shape index (κ1) is 19.5. The number of fused-ring (bicyclic) bond motifs is 1. The van der Waals surface area contributed by atoms with E-state index in [1.54, 1.807) is 36.4 Å². The van der Waals surface area contributed by atoms with Gasteiger partial charge in [-0.2, -0.15) is 0 Å². The van der Waals surface area contributed by atoms with Gasteiger partial charge in [0, 0.05) is 16.6 Å². The highest BCUT2D eigenvalue weighted by Gasteiger charge is 2.11. The van der Waals surface area contributed by atoms with Crippen LogP contribution in [0.5, 0.6) is 5.75 Å². The van der Waals surface area contributed by atoms with E-state index in [4.69, 9.17) is 17.0 Å². The van der Waals surface area contributed by atoms with Crippen LogP contribution in [0.15, 0.2) is 91.0 Å². The fraction of sp³-hybridized carbons (Fsp3) is 0. The van der Waals surface area contributed by atoms with Crippen molar-refractivity contribution in [3.63, 3.8) is 0 Å². The number of anilines is 2. The molecule has 0 aliphatic rings. The van der Waals surface area contributed by atoms with E-state index >= 15 is 0 Å². The molecule has 0 fully saturated rings. The predicted octanol–water partition coefficient (Wildman–Crippen LogP) is 6.01. The zero-order valence-electron chi connectivity index (χ0n) is 15.8. The van der Waals surface area contributed by atoms with Gasteiger partial charge in [-0.05, 0) is 54.0 Å². The van der Waals surface area contributed by atoms with Gasteiger partial charge in [-0.3, -0.25) is 4.79 Å². The Morgan fingerprint density at radius 1 is 0.800 bits per heavy atom. The number of benzene rings is 4. The number of nitrogens with one attached hydrogen (secondary N) is 2. The number of ether oxygens (including phenoxy) is 1. The first-order chi connectivity index (χ1) is 14.6. The number of hydrogen-bond donors (Lipinski definition) is 2. The Balaban J connectivity index is 1.47. The third-order valence-electron chi connectivity index (χ3n) is 4.46. The Morgan fingerprint density at radius 3 is 2.37 bits per heavy atom. The lowest BCUT2D eigenvalue weighted by Crippen LogP contribution is -2.17. The Bertz CT molecular complexity index is 1240. The third kappa shape index (κ3) is 4.45. The quantitative estimate of drug-likeness (QED) is 0.400. The van der Waals surface area contributed by atoms with Gasteiger partial charge in [0.1, 0.15) is 11.6 Å². The molecule has 0 aromatic heterocycles. The number of carbonyl (C=O) groups excluding carboxylic acids is 1. The number of halogens is 1. The second-order valence-electron chi connectivity index (χ2n) is 6.50. The maximum absolute atomic E-state index is 13.8. The average Bonchev–Trinajstić information content (AvgIpc) is 2.76. The van der Waals surface area contributed by atoms with Gasteiger partial charge >= 0.3 is 0 Å². The molecule has 0 aliphatic heterocycles. The van der Waals surface area contributed by atoms with Crippen LogP contribution in [0.2, 0.25) is 0 Å². The van der Waals surface area contributed by atoms with Crippen molar-refractivity contribution in [1.82, 2.24) is 0 Å². The second kappa shape index (κ2) is 8.71. The molecule has 0 saturated heterocycles. The summed E-state index contributed by atoms with van der Waals surface area (Å²) in [6.45, 7) is 0. The van der Waals surface area contributed by atoms with Crippen LogP contribution in [-0.2, 0) is 0 Å². The summed E-state index contributed by atoms with van der Waals surface area (Å²) in [4.78, 5) is 12.5. The van der Waals surface area contributed by atoms with Crippen molar-refractivity contribution in [1.29, 1.82) is 0 Å². The highest BCUT2D eigenvalue weighted by molar-refractivity contribution is 7.80. The van der Waals surface area contributed by atoms with Gasteiger partial charge in [0.2, 0.25) is 0 Å². The van der Waals surface area contributed by atoms with Gasteiger partial charge in [0.15, 0.2) is 0 Å². The molecule has 4 aromatic carbocycles. The molecule has 0 radical (unpaired) electrons.